The van der Waals surface area contributed by atoms with E-state index in [4.69, 9.17) is 5.11 Å². The predicted octanol–water partition coefficient (Wildman–Crippen LogP) is 3.62. The van der Waals surface area contributed by atoms with Gasteiger partial charge >= 0.3 is 6.16 Å². The second kappa shape index (κ2) is 10.8. The number of ether oxygens (including phenoxy) is 1. The van der Waals surface area contributed by atoms with Gasteiger partial charge in [0.1, 0.15) is 5.78 Å². The third-order valence-electron chi connectivity index (χ3n) is 4.97. The van der Waals surface area contributed by atoms with Crippen molar-refractivity contribution in [2.24, 2.45) is 11.8 Å². The van der Waals surface area contributed by atoms with Crippen molar-refractivity contribution in [1.29, 1.82) is 0 Å². The molecule has 30 heavy (non-hydrogen) atoms. The summed E-state index contributed by atoms with van der Waals surface area (Å²) in [6.07, 6.45) is 4.85. The molecule has 0 saturated heterocycles. The number of aliphatic hydroxyl groups is 1. The molecule has 0 amide bonds. The number of nitrogens with zero attached hydrogens (tertiary/aromatic N) is 1. The number of Topliss-reactive ketones (excluding diaryl/α,β-unsaturated/α-hetero) is 1. The normalized spacial score (nSPS) is 20.5. The van der Waals surface area contributed by atoms with Gasteiger partial charge in [-0.05, 0) is 44.9 Å². The topological polar surface area (TPSA) is 131 Å². The molecular formula is C20H27NO7S2. The van der Waals surface area contributed by atoms with Crippen molar-refractivity contribution in [3.8, 4) is 5.88 Å². The fourth-order valence-corrected chi connectivity index (χ4v) is 5.77. The first-order valence-electron chi connectivity index (χ1n) is 9.69. The molecule has 0 aliphatic heterocycles. The molecular weight excluding hydrogens is 430 g/mol. The van der Waals surface area contributed by atoms with Gasteiger partial charge in [0.2, 0.25) is 20.1 Å². The lowest BCUT2D eigenvalue weighted by Crippen LogP contribution is -2.19. The third kappa shape index (κ3) is 7.33. The Morgan fingerprint density at radius 1 is 1.50 bits per heavy atom. The largest absolute Gasteiger partial charge is 0.512 e. The number of aromatic nitrogens is 1. The van der Waals surface area contributed by atoms with Crippen molar-refractivity contribution in [3.63, 3.8) is 0 Å². The van der Waals surface area contributed by atoms with Crippen LogP contribution in [-0.2, 0) is 14.6 Å². The van der Waals surface area contributed by atoms with E-state index in [1.54, 1.807) is 0 Å². The summed E-state index contributed by atoms with van der Waals surface area (Å²) in [5.41, 5.74) is 1.02. The van der Waals surface area contributed by atoms with Crippen LogP contribution in [0.3, 0.4) is 0 Å². The van der Waals surface area contributed by atoms with E-state index in [1.165, 1.54) is 5.38 Å². The summed E-state index contributed by atoms with van der Waals surface area (Å²) >= 11 is 0.786. The van der Waals surface area contributed by atoms with E-state index in [2.05, 4.69) is 16.3 Å². The maximum Gasteiger partial charge on any atom is 0.512 e. The van der Waals surface area contributed by atoms with Crippen LogP contribution in [-0.4, -0.2) is 47.4 Å². The van der Waals surface area contributed by atoms with Crippen molar-refractivity contribution in [2.45, 2.75) is 55.9 Å². The number of sulfone groups is 1. The maximum atomic E-state index is 12.5. The standard InChI is InChI=1S/C20H27NO7S2/c1-13(2)6-8-15(22)5-3-4-14-7-9-17(23)16(14)10-11-30(26,27)19-21-18(12-29-19)28-20(24)25/h3-4,12,14-16,22H,1,5-11H2,2H3,(H,24,25)/b4-3+/t14-,15+,16+/m0/s1. The van der Waals surface area contributed by atoms with Crippen molar-refractivity contribution >= 4 is 33.1 Å². The quantitative estimate of drug-likeness (QED) is 0.380. The van der Waals surface area contributed by atoms with Crippen molar-refractivity contribution in [1.82, 2.24) is 4.98 Å². The molecule has 1 heterocycles. The molecule has 166 valence electrons. The van der Waals surface area contributed by atoms with Crippen LogP contribution in [0.1, 0.15) is 45.4 Å². The van der Waals surface area contributed by atoms with Crippen LogP contribution < -0.4 is 4.74 Å². The molecule has 1 aromatic heterocycles. The van der Waals surface area contributed by atoms with Gasteiger partial charge in [-0.3, -0.25) is 4.79 Å². The molecule has 2 N–H and O–H groups in total. The molecule has 1 saturated carbocycles. The Balaban J connectivity index is 1.92. The molecule has 3 atom stereocenters. The number of carbonyl (C=O) groups is 2. The number of ketones is 1. The Labute approximate surface area is 180 Å². The van der Waals surface area contributed by atoms with E-state index in [0.29, 0.717) is 25.7 Å². The molecule has 0 unspecified atom stereocenters. The molecule has 0 radical (unpaired) electrons. The smallest absolute Gasteiger partial charge is 0.449 e. The van der Waals surface area contributed by atoms with Crippen molar-refractivity contribution < 1.29 is 33.0 Å². The zero-order chi connectivity index (χ0) is 22.3. The van der Waals surface area contributed by atoms with Crippen molar-refractivity contribution in [2.75, 3.05) is 5.75 Å². The van der Waals surface area contributed by atoms with Gasteiger partial charge in [0, 0.05) is 12.3 Å². The average molecular weight is 458 g/mol. The van der Waals surface area contributed by atoms with Gasteiger partial charge in [0.05, 0.1) is 17.2 Å². The highest BCUT2D eigenvalue weighted by molar-refractivity contribution is 7.93. The molecule has 1 aliphatic carbocycles. The number of carbonyl (C=O) groups excluding carboxylic acids is 1. The van der Waals surface area contributed by atoms with Crippen LogP contribution >= 0.6 is 11.3 Å². The minimum atomic E-state index is -3.75. The van der Waals surface area contributed by atoms with Crippen LogP contribution in [0, 0.1) is 11.8 Å². The first kappa shape index (κ1) is 24.2. The summed E-state index contributed by atoms with van der Waals surface area (Å²) in [4.78, 5) is 26.5. The SMILES string of the molecule is C=C(C)CC[C@H](O)C/C=C/[C@H]1CCC(=O)[C@@H]1CCS(=O)(=O)c1nc(OC(=O)O)cs1. The summed E-state index contributed by atoms with van der Waals surface area (Å²) in [6.45, 7) is 5.73. The highest BCUT2D eigenvalue weighted by Gasteiger charge is 2.34. The summed E-state index contributed by atoms with van der Waals surface area (Å²) in [5, 5.41) is 19.8. The Morgan fingerprint density at radius 3 is 2.90 bits per heavy atom. The first-order valence-corrected chi connectivity index (χ1v) is 12.2. The average Bonchev–Trinajstić information content (AvgIpc) is 3.25. The van der Waals surface area contributed by atoms with Gasteiger partial charge in [-0.1, -0.05) is 17.7 Å². The van der Waals surface area contributed by atoms with Gasteiger partial charge in [-0.2, -0.15) is 4.98 Å². The van der Waals surface area contributed by atoms with Crippen LogP contribution in [0.25, 0.3) is 0 Å². The van der Waals surface area contributed by atoms with Crippen LogP contribution in [0.15, 0.2) is 34.0 Å². The van der Waals surface area contributed by atoms with E-state index < -0.39 is 28.0 Å². The second-order valence-electron chi connectivity index (χ2n) is 7.52. The molecule has 0 bridgehead atoms. The van der Waals surface area contributed by atoms with E-state index in [-0.39, 0.29) is 34.1 Å². The van der Waals surface area contributed by atoms with Crippen LogP contribution in [0.2, 0.25) is 0 Å². The number of thiazole rings is 1. The predicted molar refractivity (Wildman–Crippen MR) is 112 cm³/mol. The molecule has 1 aliphatic rings. The number of hydrogen-bond donors (Lipinski definition) is 2. The minimum absolute atomic E-state index is 0.0386. The molecule has 8 nitrogen and oxygen atoms in total. The first-order chi connectivity index (χ1) is 14.1. The Hall–Kier alpha value is -2.04. The molecule has 0 spiro atoms. The second-order valence-corrected chi connectivity index (χ2v) is 10.7. The van der Waals surface area contributed by atoms with Gasteiger partial charge in [0.25, 0.3) is 0 Å². The number of rotatable bonds is 11. The van der Waals surface area contributed by atoms with Gasteiger partial charge in [0.15, 0.2) is 0 Å². The third-order valence-corrected chi connectivity index (χ3v) is 8.03. The summed E-state index contributed by atoms with van der Waals surface area (Å²) in [7, 11) is -3.75. The Kier molecular flexibility index (Phi) is 8.75. The number of carboxylic acid groups (broad SMARTS) is 1. The summed E-state index contributed by atoms with van der Waals surface area (Å²) < 4.78 is 29.1. The Bertz CT molecular complexity index is 904. The summed E-state index contributed by atoms with van der Waals surface area (Å²) in [6, 6.07) is 0. The number of allylic oxidation sites excluding steroid dienone is 2. The zero-order valence-electron chi connectivity index (χ0n) is 16.8. The number of aliphatic hydroxyl groups excluding tert-OH is 1. The van der Waals surface area contributed by atoms with Gasteiger partial charge < -0.3 is 14.9 Å². The lowest BCUT2D eigenvalue weighted by Gasteiger charge is -2.15. The van der Waals surface area contributed by atoms with Crippen LogP contribution in [0.4, 0.5) is 4.79 Å². The highest BCUT2D eigenvalue weighted by atomic mass is 32.2. The monoisotopic (exact) mass is 457 g/mol. The molecule has 10 heteroatoms. The van der Waals surface area contributed by atoms with E-state index in [1.807, 2.05) is 19.1 Å². The van der Waals surface area contributed by atoms with E-state index in [0.717, 1.165) is 23.3 Å². The van der Waals surface area contributed by atoms with Gasteiger partial charge in [-0.15, -0.1) is 17.9 Å². The minimum Gasteiger partial charge on any atom is -0.449 e. The van der Waals surface area contributed by atoms with E-state index >= 15 is 0 Å². The summed E-state index contributed by atoms with van der Waals surface area (Å²) in [5.74, 6) is -0.943. The lowest BCUT2D eigenvalue weighted by atomic mass is 9.92. The number of hydrogen-bond acceptors (Lipinski definition) is 8. The fraction of sp³-hybridized carbons (Fsp3) is 0.550. The zero-order valence-corrected chi connectivity index (χ0v) is 18.5. The maximum absolute atomic E-state index is 12.5. The van der Waals surface area contributed by atoms with Gasteiger partial charge in [-0.25, -0.2) is 13.2 Å². The van der Waals surface area contributed by atoms with Crippen molar-refractivity contribution in [3.05, 3.63) is 29.7 Å². The molecule has 1 fully saturated rings. The highest BCUT2D eigenvalue weighted by Crippen LogP contribution is 2.34. The van der Waals surface area contributed by atoms with E-state index in [9.17, 15) is 23.1 Å². The van der Waals surface area contributed by atoms with Crippen LogP contribution in [0.5, 0.6) is 5.88 Å². The fourth-order valence-electron chi connectivity index (χ4n) is 3.37. The molecule has 0 aromatic carbocycles. The molecule has 1 aromatic rings. The Morgan fingerprint density at radius 2 is 2.23 bits per heavy atom. The lowest BCUT2D eigenvalue weighted by molar-refractivity contribution is -0.121. The molecule has 2 rings (SSSR count).